The van der Waals surface area contributed by atoms with Crippen molar-refractivity contribution in [2.24, 2.45) is 0 Å². The quantitative estimate of drug-likeness (QED) is 0.917. The molecule has 8 heteroatoms. The van der Waals surface area contributed by atoms with Gasteiger partial charge in [0.05, 0.1) is 24.4 Å². The van der Waals surface area contributed by atoms with Crippen LogP contribution in [0.2, 0.25) is 5.02 Å². The van der Waals surface area contributed by atoms with Crippen molar-refractivity contribution in [1.82, 2.24) is 9.88 Å². The average molecular weight is 353 g/mol. The molecule has 1 aliphatic heterocycles. The number of aliphatic carboxylic acids is 1. The summed E-state index contributed by atoms with van der Waals surface area (Å²) in [5.74, 6) is -1.31. The van der Waals surface area contributed by atoms with E-state index in [1.807, 2.05) is 18.2 Å². The normalized spacial score (nSPS) is 18.0. The molecule has 1 N–H and O–H groups in total. The van der Waals surface area contributed by atoms with Crippen molar-refractivity contribution in [1.29, 1.82) is 0 Å². The summed E-state index contributed by atoms with van der Waals surface area (Å²) in [6.45, 7) is 0.605. The molecule has 2 aromatic rings. The van der Waals surface area contributed by atoms with E-state index in [0.29, 0.717) is 21.5 Å². The summed E-state index contributed by atoms with van der Waals surface area (Å²) in [5.41, 5.74) is 0.767. The van der Waals surface area contributed by atoms with E-state index < -0.39 is 12.1 Å². The fraction of sp³-hybridized carbons (Fsp3) is 0.267. The van der Waals surface area contributed by atoms with Crippen LogP contribution >= 0.6 is 22.9 Å². The van der Waals surface area contributed by atoms with E-state index in [2.05, 4.69) is 4.98 Å². The number of thiazole rings is 1. The predicted octanol–water partition coefficient (Wildman–Crippen LogP) is 2.39. The molecule has 1 saturated heterocycles. The molecular formula is C15H13ClN2O4S. The van der Waals surface area contributed by atoms with Gasteiger partial charge in [0.25, 0.3) is 5.91 Å². The number of ether oxygens (including phenoxy) is 1. The number of halogens is 1. The highest BCUT2D eigenvalue weighted by molar-refractivity contribution is 7.17. The van der Waals surface area contributed by atoms with Gasteiger partial charge in [0, 0.05) is 12.1 Å². The highest BCUT2D eigenvalue weighted by Crippen LogP contribution is 2.31. The number of morpholine rings is 1. The minimum Gasteiger partial charge on any atom is -0.479 e. The van der Waals surface area contributed by atoms with E-state index in [-0.39, 0.29) is 19.1 Å². The van der Waals surface area contributed by atoms with E-state index >= 15 is 0 Å². The van der Waals surface area contributed by atoms with Crippen molar-refractivity contribution in [3.05, 3.63) is 40.4 Å². The number of carbonyl (C=O) groups excluding carboxylic acids is 1. The Bertz CT molecular complexity index is 749. The minimum atomic E-state index is -1.07. The molecular weight excluding hydrogens is 340 g/mol. The molecule has 0 saturated carbocycles. The molecule has 23 heavy (non-hydrogen) atoms. The third-order valence-electron chi connectivity index (χ3n) is 3.45. The summed E-state index contributed by atoms with van der Waals surface area (Å²) < 4.78 is 5.12. The molecule has 1 aromatic carbocycles. The lowest BCUT2D eigenvalue weighted by Gasteiger charge is -2.30. The number of amides is 1. The molecule has 1 atom stereocenters. The first kappa shape index (κ1) is 15.9. The topological polar surface area (TPSA) is 79.7 Å². The van der Waals surface area contributed by atoms with Crippen LogP contribution in [-0.4, -0.2) is 52.7 Å². The van der Waals surface area contributed by atoms with Gasteiger partial charge in [-0.05, 0) is 6.07 Å². The molecule has 1 amide bonds. The fourth-order valence-electron chi connectivity index (χ4n) is 2.27. The van der Waals surface area contributed by atoms with Crippen LogP contribution in [0.1, 0.15) is 9.67 Å². The first-order chi connectivity index (χ1) is 11.1. The molecule has 0 spiro atoms. The van der Waals surface area contributed by atoms with Crippen LogP contribution in [0.5, 0.6) is 0 Å². The summed E-state index contributed by atoms with van der Waals surface area (Å²) in [4.78, 5) is 29.7. The number of carboxylic acid groups (broad SMARTS) is 1. The number of carboxylic acids is 1. The van der Waals surface area contributed by atoms with Crippen molar-refractivity contribution < 1.29 is 19.4 Å². The van der Waals surface area contributed by atoms with Crippen LogP contribution in [0.4, 0.5) is 0 Å². The van der Waals surface area contributed by atoms with Gasteiger partial charge >= 0.3 is 5.97 Å². The summed E-state index contributed by atoms with van der Waals surface area (Å²) >= 11 is 7.38. The van der Waals surface area contributed by atoms with E-state index in [0.717, 1.165) is 5.56 Å². The van der Waals surface area contributed by atoms with Crippen LogP contribution in [-0.2, 0) is 9.53 Å². The lowest BCUT2D eigenvalue weighted by molar-refractivity contribution is -0.154. The SMILES string of the molecule is O=C(O)[C@H]1CN(C(=O)c2cnc(-c3ccccc3Cl)s2)CCO1. The highest BCUT2D eigenvalue weighted by Gasteiger charge is 2.30. The van der Waals surface area contributed by atoms with Gasteiger partial charge in [0.2, 0.25) is 0 Å². The summed E-state index contributed by atoms with van der Waals surface area (Å²) in [7, 11) is 0. The first-order valence-corrected chi connectivity index (χ1v) is 8.10. The molecule has 0 radical (unpaired) electrons. The third-order valence-corrected chi connectivity index (χ3v) is 4.80. The van der Waals surface area contributed by atoms with Gasteiger partial charge in [-0.2, -0.15) is 0 Å². The zero-order chi connectivity index (χ0) is 16.4. The Hall–Kier alpha value is -1.96. The molecule has 6 nitrogen and oxygen atoms in total. The second-order valence-corrected chi connectivity index (χ2v) is 6.40. The Morgan fingerprint density at radius 1 is 1.39 bits per heavy atom. The second kappa shape index (κ2) is 6.66. The Kier molecular flexibility index (Phi) is 4.61. The van der Waals surface area contributed by atoms with Crippen LogP contribution in [0, 0.1) is 0 Å². The maximum Gasteiger partial charge on any atom is 0.334 e. The Morgan fingerprint density at radius 2 is 2.17 bits per heavy atom. The van der Waals surface area contributed by atoms with Gasteiger partial charge in [-0.15, -0.1) is 11.3 Å². The standard InChI is InChI=1S/C15H13ClN2O4S/c16-10-4-2-1-3-9(10)13-17-7-12(23-13)14(19)18-5-6-22-11(8-18)15(20)21/h1-4,7,11H,5-6,8H2,(H,20,21)/t11-/m1/s1. The number of rotatable bonds is 3. The van der Waals surface area contributed by atoms with Gasteiger partial charge in [-0.1, -0.05) is 29.8 Å². The Balaban J connectivity index is 1.79. The number of carbonyl (C=O) groups is 2. The number of aromatic nitrogens is 1. The van der Waals surface area contributed by atoms with Crippen LogP contribution < -0.4 is 0 Å². The van der Waals surface area contributed by atoms with Crippen LogP contribution in [0.15, 0.2) is 30.5 Å². The van der Waals surface area contributed by atoms with Crippen molar-refractivity contribution in [2.75, 3.05) is 19.7 Å². The van der Waals surface area contributed by atoms with Crippen LogP contribution in [0.25, 0.3) is 10.6 Å². The van der Waals surface area contributed by atoms with Gasteiger partial charge in [0.1, 0.15) is 9.88 Å². The first-order valence-electron chi connectivity index (χ1n) is 6.90. The van der Waals surface area contributed by atoms with Gasteiger partial charge in [-0.3, -0.25) is 4.79 Å². The van der Waals surface area contributed by atoms with Crippen molar-refractivity contribution in [3.63, 3.8) is 0 Å². The average Bonchev–Trinajstić information content (AvgIpc) is 3.04. The monoisotopic (exact) mass is 352 g/mol. The summed E-state index contributed by atoms with van der Waals surface area (Å²) in [6.07, 6.45) is 0.514. The summed E-state index contributed by atoms with van der Waals surface area (Å²) in [6, 6.07) is 7.28. The molecule has 120 valence electrons. The molecule has 1 aliphatic rings. The van der Waals surface area contributed by atoms with Gasteiger partial charge in [0.15, 0.2) is 6.10 Å². The molecule has 2 heterocycles. The zero-order valence-electron chi connectivity index (χ0n) is 11.9. The number of hydrogen-bond donors (Lipinski definition) is 1. The summed E-state index contributed by atoms with van der Waals surface area (Å²) in [5, 5.41) is 10.2. The highest BCUT2D eigenvalue weighted by atomic mass is 35.5. The molecule has 1 aromatic heterocycles. The van der Waals surface area contributed by atoms with E-state index in [1.54, 1.807) is 6.07 Å². The molecule has 0 aliphatic carbocycles. The Labute approximate surface area is 141 Å². The van der Waals surface area contributed by atoms with Crippen LogP contribution in [0.3, 0.4) is 0 Å². The van der Waals surface area contributed by atoms with Gasteiger partial charge in [-0.25, -0.2) is 9.78 Å². The number of nitrogens with zero attached hydrogens (tertiary/aromatic N) is 2. The molecule has 0 unspecified atom stereocenters. The molecule has 0 bridgehead atoms. The second-order valence-electron chi connectivity index (χ2n) is 4.96. The van der Waals surface area contributed by atoms with Crippen molar-refractivity contribution in [3.8, 4) is 10.6 Å². The minimum absolute atomic E-state index is 0.0352. The van der Waals surface area contributed by atoms with Crippen molar-refractivity contribution in [2.45, 2.75) is 6.10 Å². The van der Waals surface area contributed by atoms with Crippen molar-refractivity contribution >= 4 is 34.8 Å². The molecule has 3 rings (SSSR count). The molecule has 1 fully saturated rings. The van der Waals surface area contributed by atoms with E-state index in [9.17, 15) is 9.59 Å². The largest absolute Gasteiger partial charge is 0.479 e. The maximum atomic E-state index is 12.5. The smallest absolute Gasteiger partial charge is 0.334 e. The maximum absolute atomic E-state index is 12.5. The lowest BCUT2D eigenvalue weighted by Crippen LogP contribution is -2.48. The third kappa shape index (κ3) is 3.36. The predicted molar refractivity (Wildman–Crippen MR) is 85.8 cm³/mol. The fourth-order valence-corrected chi connectivity index (χ4v) is 3.48. The number of benzene rings is 1. The number of hydrogen-bond acceptors (Lipinski definition) is 5. The van der Waals surface area contributed by atoms with E-state index in [4.69, 9.17) is 21.4 Å². The Morgan fingerprint density at radius 3 is 2.91 bits per heavy atom. The van der Waals surface area contributed by atoms with E-state index in [1.165, 1.54) is 22.4 Å². The lowest BCUT2D eigenvalue weighted by atomic mass is 10.2. The zero-order valence-corrected chi connectivity index (χ0v) is 13.5. The van der Waals surface area contributed by atoms with Gasteiger partial charge < -0.3 is 14.7 Å².